The van der Waals surface area contributed by atoms with E-state index in [1.54, 1.807) is 26.0 Å². The lowest BCUT2D eigenvalue weighted by molar-refractivity contribution is 0.0827. The lowest BCUT2D eigenvalue weighted by Gasteiger charge is -2.26. The van der Waals surface area contributed by atoms with Crippen molar-refractivity contribution >= 4 is 35.8 Å². The molecule has 0 spiro atoms. The Hall–Kier alpha value is -2.09. The van der Waals surface area contributed by atoms with Crippen molar-refractivity contribution in [1.82, 2.24) is 15.5 Å². The van der Waals surface area contributed by atoms with Gasteiger partial charge in [-0.15, -0.1) is 24.0 Å². The summed E-state index contributed by atoms with van der Waals surface area (Å²) in [5.74, 6) is 1.39. The Kier molecular flexibility index (Phi) is 9.62. The number of benzene rings is 2. The minimum absolute atomic E-state index is 0. The van der Waals surface area contributed by atoms with Gasteiger partial charge < -0.3 is 15.5 Å². The number of guanidine groups is 1. The smallest absolute Gasteiger partial charge is 0.253 e. The van der Waals surface area contributed by atoms with Crippen LogP contribution in [0.5, 0.6) is 0 Å². The number of hydrogen-bond donors (Lipinski definition) is 2. The van der Waals surface area contributed by atoms with E-state index in [0.717, 1.165) is 36.6 Å². The maximum absolute atomic E-state index is 12.1. The highest BCUT2D eigenvalue weighted by molar-refractivity contribution is 14.0. The first-order valence-electron chi connectivity index (χ1n) is 10.4. The number of aryl methyl sites for hydroxylation is 1. The van der Waals surface area contributed by atoms with Gasteiger partial charge in [-0.2, -0.15) is 0 Å². The third-order valence-electron chi connectivity index (χ3n) is 5.52. The van der Waals surface area contributed by atoms with E-state index in [4.69, 9.17) is 0 Å². The van der Waals surface area contributed by atoms with Crippen LogP contribution in [0.15, 0.2) is 53.5 Å². The molecule has 0 heterocycles. The molecule has 30 heavy (non-hydrogen) atoms. The average Bonchev–Trinajstić information content (AvgIpc) is 2.75. The van der Waals surface area contributed by atoms with Crippen LogP contribution in [0.25, 0.3) is 0 Å². The Bertz CT molecular complexity index is 866. The second kappa shape index (κ2) is 11.9. The van der Waals surface area contributed by atoms with Crippen molar-refractivity contribution in [3.8, 4) is 0 Å². The van der Waals surface area contributed by atoms with Crippen LogP contribution in [-0.2, 0) is 12.8 Å². The maximum atomic E-state index is 12.1. The van der Waals surface area contributed by atoms with Crippen molar-refractivity contribution in [2.24, 2.45) is 4.99 Å². The number of nitrogens with zero attached hydrogens (tertiary/aromatic N) is 2. The summed E-state index contributed by atoms with van der Waals surface area (Å²) in [6.45, 7) is 1.66. The summed E-state index contributed by atoms with van der Waals surface area (Å²) in [6, 6.07) is 16.6. The zero-order valence-electron chi connectivity index (χ0n) is 18.1. The molecule has 1 aliphatic rings. The summed E-state index contributed by atoms with van der Waals surface area (Å²) in [4.78, 5) is 18.1. The fourth-order valence-corrected chi connectivity index (χ4v) is 3.95. The first-order chi connectivity index (χ1) is 14.1. The van der Waals surface area contributed by atoms with Crippen molar-refractivity contribution < 1.29 is 4.79 Å². The van der Waals surface area contributed by atoms with Crippen LogP contribution in [0, 0.1) is 0 Å². The number of aliphatic imine (C=N–C) groups is 1. The normalized spacial score (nSPS) is 15.6. The molecule has 0 aliphatic heterocycles. The molecule has 3 rings (SSSR count). The molecule has 2 aromatic rings. The van der Waals surface area contributed by atoms with Crippen LogP contribution in [0.4, 0.5) is 0 Å². The molecule has 0 fully saturated rings. The predicted octanol–water partition coefficient (Wildman–Crippen LogP) is 3.83. The average molecular weight is 520 g/mol. The molecule has 1 aliphatic carbocycles. The van der Waals surface area contributed by atoms with Gasteiger partial charge in [0, 0.05) is 45.7 Å². The molecule has 0 bridgehead atoms. The minimum atomic E-state index is 0. The molecule has 0 aromatic heterocycles. The van der Waals surface area contributed by atoms with Gasteiger partial charge >= 0.3 is 0 Å². The fourth-order valence-electron chi connectivity index (χ4n) is 3.95. The van der Waals surface area contributed by atoms with Crippen molar-refractivity contribution in [2.45, 2.75) is 31.6 Å². The zero-order chi connectivity index (χ0) is 20.6. The Morgan fingerprint density at radius 3 is 2.70 bits per heavy atom. The lowest BCUT2D eigenvalue weighted by atomic mass is 9.83. The number of rotatable bonds is 6. The fraction of sp³-hybridized carbons (Fsp3) is 0.417. The minimum Gasteiger partial charge on any atom is -0.356 e. The Balaban J connectivity index is 0.00000320. The van der Waals surface area contributed by atoms with Crippen molar-refractivity contribution in [2.75, 3.05) is 34.2 Å². The molecule has 2 aromatic carbocycles. The summed E-state index contributed by atoms with van der Waals surface area (Å²) in [5.41, 5.74) is 4.83. The third kappa shape index (κ3) is 6.45. The van der Waals surface area contributed by atoms with Gasteiger partial charge in [-0.3, -0.25) is 9.79 Å². The monoisotopic (exact) mass is 520 g/mol. The second-order valence-corrected chi connectivity index (χ2v) is 7.82. The van der Waals surface area contributed by atoms with Crippen LogP contribution < -0.4 is 10.6 Å². The van der Waals surface area contributed by atoms with Gasteiger partial charge in [0.25, 0.3) is 5.91 Å². The maximum Gasteiger partial charge on any atom is 0.253 e. The van der Waals surface area contributed by atoms with E-state index in [2.05, 4.69) is 46.0 Å². The van der Waals surface area contributed by atoms with E-state index in [1.807, 2.05) is 18.2 Å². The highest BCUT2D eigenvalue weighted by Crippen LogP contribution is 2.30. The van der Waals surface area contributed by atoms with Crippen LogP contribution >= 0.6 is 24.0 Å². The van der Waals surface area contributed by atoms with Crippen molar-refractivity contribution in [3.63, 3.8) is 0 Å². The summed E-state index contributed by atoms with van der Waals surface area (Å²) in [7, 11) is 5.36. The number of amides is 1. The SMILES string of the molecule is CN=C(NCCc1cccc(C(=O)N(C)C)c1)NCC1CCCc2ccccc21.I. The number of hydrogen-bond acceptors (Lipinski definition) is 2. The van der Waals surface area contributed by atoms with Crippen LogP contribution in [0.1, 0.15) is 45.8 Å². The van der Waals surface area contributed by atoms with Gasteiger partial charge in [0.1, 0.15) is 0 Å². The topological polar surface area (TPSA) is 56.7 Å². The number of fused-ring (bicyclic) bond motifs is 1. The van der Waals surface area contributed by atoms with E-state index in [9.17, 15) is 4.79 Å². The standard InChI is InChI=1S/C24H32N4O.HI/c1-25-24(27-17-21-12-7-10-19-9-4-5-13-22(19)21)26-15-14-18-8-6-11-20(16-18)23(29)28(2)3;/h4-6,8-9,11,13,16,21H,7,10,12,14-15,17H2,1-3H3,(H2,25,26,27);1H. The lowest BCUT2D eigenvalue weighted by Crippen LogP contribution is -2.40. The quantitative estimate of drug-likeness (QED) is 0.346. The molecule has 0 radical (unpaired) electrons. The summed E-state index contributed by atoms with van der Waals surface area (Å²) in [5, 5.41) is 6.89. The molecule has 1 unspecified atom stereocenters. The molecule has 0 saturated heterocycles. The van der Waals surface area contributed by atoms with E-state index in [1.165, 1.54) is 30.4 Å². The molecule has 162 valence electrons. The molecular weight excluding hydrogens is 487 g/mol. The molecule has 0 saturated carbocycles. The van der Waals surface area contributed by atoms with Gasteiger partial charge in [0.05, 0.1) is 0 Å². The number of carbonyl (C=O) groups is 1. The van der Waals surface area contributed by atoms with Gasteiger partial charge in [-0.05, 0) is 54.5 Å². The van der Waals surface area contributed by atoms with Gasteiger partial charge in [-0.25, -0.2) is 0 Å². The highest BCUT2D eigenvalue weighted by Gasteiger charge is 2.19. The zero-order valence-corrected chi connectivity index (χ0v) is 20.5. The number of nitrogens with one attached hydrogen (secondary N) is 2. The van der Waals surface area contributed by atoms with Crippen LogP contribution in [0.2, 0.25) is 0 Å². The van der Waals surface area contributed by atoms with Crippen molar-refractivity contribution in [3.05, 3.63) is 70.8 Å². The third-order valence-corrected chi connectivity index (χ3v) is 5.52. The van der Waals surface area contributed by atoms with E-state index >= 15 is 0 Å². The van der Waals surface area contributed by atoms with Crippen LogP contribution in [0.3, 0.4) is 0 Å². The molecule has 1 atom stereocenters. The first-order valence-corrected chi connectivity index (χ1v) is 10.4. The van der Waals surface area contributed by atoms with Gasteiger partial charge in [-0.1, -0.05) is 36.4 Å². The molecule has 1 amide bonds. The molecule has 6 heteroatoms. The second-order valence-electron chi connectivity index (χ2n) is 7.82. The van der Waals surface area contributed by atoms with E-state index in [0.29, 0.717) is 5.92 Å². The molecule has 5 nitrogen and oxygen atoms in total. The van der Waals surface area contributed by atoms with Crippen molar-refractivity contribution in [1.29, 1.82) is 0 Å². The summed E-state index contributed by atoms with van der Waals surface area (Å²) in [6.07, 6.45) is 4.49. The predicted molar refractivity (Wildman–Crippen MR) is 135 cm³/mol. The summed E-state index contributed by atoms with van der Waals surface area (Å²) >= 11 is 0. The Morgan fingerprint density at radius 2 is 1.93 bits per heavy atom. The largest absolute Gasteiger partial charge is 0.356 e. The molecular formula is C24H33IN4O. The number of carbonyl (C=O) groups excluding carboxylic acids is 1. The summed E-state index contributed by atoms with van der Waals surface area (Å²) < 4.78 is 0. The van der Waals surface area contributed by atoms with Gasteiger partial charge in [0.15, 0.2) is 5.96 Å². The Morgan fingerprint density at radius 1 is 1.13 bits per heavy atom. The Labute approximate surface area is 197 Å². The highest BCUT2D eigenvalue weighted by atomic mass is 127. The molecule has 2 N–H and O–H groups in total. The van der Waals surface area contributed by atoms with E-state index < -0.39 is 0 Å². The van der Waals surface area contributed by atoms with E-state index in [-0.39, 0.29) is 29.9 Å². The first kappa shape index (κ1) is 24.2. The van der Waals surface area contributed by atoms with Crippen LogP contribution in [-0.4, -0.2) is 51.0 Å². The number of halogens is 1. The van der Waals surface area contributed by atoms with Gasteiger partial charge in [0.2, 0.25) is 0 Å².